The third kappa shape index (κ3) is 6.59. The molecule has 4 aromatic rings. The van der Waals surface area contributed by atoms with Crippen LogP contribution >= 0.6 is 7.26 Å². The predicted octanol–water partition coefficient (Wildman–Crippen LogP) is 4.87. The van der Waals surface area contributed by atoms with E-state index in [1.54, 1.807) is 7.11 Å². The second-order valence-electron chi connectivity index (χ2n) is 8.82. The Bertz CT molecular complexity index is 1130. The molecule has 0 unspecified atom stereocenters. The van der Waals surface area contributed by atoms with Crippen molar-refractivity contribution in [2.45, 2.75) is 33.9 Å². The van der Waals surface area contributed by atoms with Crippen LogP contribution in [0.3, 0.4) is 0 Å². The summed E-state index contributed by atoms with van der Waals surface area (Å²) in [5.41, 5.74) is 5.16. The summed E-state index contributed by atoms with van der Waals surface area (Å²) in [6.07, 6.45) is 0.958. The number of aryl methyl sites for hydroxylation is 3. The highest BCUT2D eigenvalue weighted by atomic mass is 31.2. The summed E-state index contributed by atoms with van der Waals surface area (Å²) in [6.45, 7) is 7.44. The largest absolute Gasteiger partial charge is 0.550 e. The van der Waals surface area contributed by atoms with Crippen LogP contribution < -0.4 is 25.8 Å². The first-order chi connectivity index (χ1) is 16.7. The van der Waals surface area contributed by atoms with Gasteiger partial charge in [0.25, 0.3) is 0 Å². The fourth-order valence-corrected chi connectivity index (χ4v) is 8.32. The van der Waals surface area contributed by atoms with Crippen LogP contribution in [0, 0.1) is 20.8 Å². The number of hydrogen-bond donors (Lipinski definition) is 0. The molecule has 0 aliphatic heterocycles. The lowest BCUT2D eigenvalue weighted by Crippen LogP contribution is -2.32. The fourth-order valence-electron chi connectivity index (χ4n) is 4.16. The molecule has 0 aliphatic carbocycles. The summed E-state index contributed by atoms with van der Waals surface area (Å²) in [6, 6.07) is 36.0. The molecule has 0 atom stereocenters. The monoisotopic (exact) mass is 484 g/mol. The van der Waals surface area contributed by atoms with E-state index in [1.807, 2.05) is 6.07 Å². The van der Waals surface area contributed by atoms with Gasteiger partial charge < -0.3 is 14.6 Å². The van der Waals surface area contributed by atoms with Crippen LogP contribution in [0.1, 0.15) is 29.2 Å². The minimum absolute atomic E-state index is 0.910. The van der Waals surface area contributed by atoms with Gasteiger partial charge in [-0.25, -0.2) is 0 Å². The highest BCUT2D eigenvalue weighted by molar-refractivity contribution is 7.95. The fraction of sp³-hybridized carbons (Fsp3) is 0.194. The van der Waals surface area contributed by atoms with Crippen molar-refractivity contribution >= 4 is 29.1 Å². The topological polar surface area (TPSA) is 49.4 Å². The summed E-state index contributed by atoms with van der Waals surface area (Å²) in [5, 5.41) is 13.1. The third-order valence-electron chi connectivity index (χ3n) is 5.98. The molecule has 0 saturated carbocycles. The van der Waals surface area contributed by atoms with Gasteiger partial charge >= 0.3 is 0 Å². The number of rotatable bonds is 6. The zero-order valence-corrected chi connectivity index (χ0v) is 22.0. The number of carboxylic acid groups (broad SMARTS) is 1. The SMILES string of the molecule is CC(=O)[O-].COc1cccc(C[P+](c2ccc(C)cc2)(c2ccc(C)cc2)c2ccc(C)cc2)c1. The Labute approximate surface area is 209 Å². The van der Waals surface area contributed by atoms with Gasteiger partial charge in [0.05, 0.1) is 13.3 Å². The smallest absolute Gasteiger partial charge is 0.119 e. The summed E-state index contributed by atoms with van der Waals surface area (Å²) >= 11 is 0. The second kappa shape index (κ2) is 11.8. The van der Waals surface area contributed by atoms with Gasteiger partial charge in [0.2, 0.25) is 0 Å². The maximum atomic E-state index is 8.89. The number of carbonyl (C=O) groups is 1. The van der Waals surface area contributed by atoms with Crippen LogP contribution in [0.15, 0.2) is 97.1 Å². The highest BCUT2D eigenvalue weighted by Crippen LogP contribution is 2.58. The number of carbonyl (C=O) groups excluding carboxylic acids is 1. The lowest BCUT2D eigenvalue weighted by Gasteiger charge is -2.28. The molecule has 0 radical (unpaired) electrons. The lowest BCUT2D eigenvalue weighted by molar-refractivity contribution is -0.302. The molecule has 0 heterocycles. The van der Waals surface area contributed by atoms with Gasteiger partial charge in [-0.05, 0) is 81.8 Å². The molecule has 0 saturated heterocycles. The molecule has 0 bridgehead atoms. The van der Waals surface area contributed by atoms with Crippen molar-refractivity contribution < 1.29 is 14.6 Å². The molecule has 4 aromatic carbocycles. The summed E-state index contributed by atoms with van der Waals surface area (Å²) in [5.74, 6) is -0.174. The van der Waals surface area contributed by atoms with Gasteiger partial charge in [-0.15, -0.1) is 0 Å². The molecule has 0 fully saturated rings. The Morgan fingerprint density at radius 3 is 1.43 bits per heavy atom. The van der Waals surface area contributed by atoms with Crippen LogP contribution in [-0.2, 0) is 11.0 Å². The van der Waals surface area contributed by atoms with Gasteiger partial charge in [-0.2, -0.15) is 0 Å². The van der Waals surface area contributed by atoms with Gasteiger partial charge in [0.15, 0.2) is 0 Å². The van der Waals surface area contributed by atoms with Crippen molar-refractivity contribution in [2.24, 2.45) is 0 Å². The average molecular weight is 485 g/mol. The van der Waals surface area contributed by atoms with Gasteiger partial charge in [-0.1, -0.05) is 65.2 Å². The van der Waals surface area contributed by atoms with E-state index in [-0.39, 0.29) is 0 Å². The first-order valence-electron chi connectivity index (χ1n) is 11.6. The summed E-state index contributed by atoms with van der Waals surface area (Å²) in [7, 11) is -0.183. The van der Waals surface area contributed by atoms with Crippen molar-refractivity contribution in [1.29, 1.82) is 0 Å². The number of aliphatic carboxylic acids is 1. The van der Waals surface area contributed by atoms with Crippen molar-refractivity contribution in [1.82, 2.24) is 0 Å². The first kappa shape index (κ1) is 26.2. The van der Waals surface area contributed by atoms with Crippen molar-refractivity contribution in [3.05, 3.63) is 119 Å². The molecule has 4 rings (SSSR count). The molecule has 0 aliphatic rings. The first-order valence-corrected chi connectivity index (χ1v) is 13.6. The Morgan fingerprint density at radius 1 is 0.714 bits per heavy atom. The van der Waals surface area contributed by atoms with Gasteiger partial charge in [0, 0.05) is 5.97 Å². The van der Waals surface area contributed by atoms with E-state index in [0.717, 1.165) is 18.8 Å². The molecule has 35 heavy (non-hydrogen) atoms. The summed E-state index contributed by atoms with van der Waals surface area (Å²) < 4.78 is 5.55. The second-order valence-corrected chi connectivity index (χ2v) is 12.3. The van der Waals surface area contributed by atoms with Crippen LogP contribution in [0.25, 0.3) is 0 Å². The van der Waals surface area contributed by atoms with Crippen LogP contribution in [0.5, 0.6) is 5.75 Å². The molecule has 180 valence electrons. The molecule has 0 aromatic heterocycles. The molecule has 0 spiro atoms. The van der Waals surface area contributed by atoms with Crippen LogP contribution in [-0.4, -0.2) is 13.1 Å². The lowest BCUT2D eigenvalue weighted by atomic mass is 10.2. The number of methoxy groups -OCH3 is 1. The highest BCUT2D eigenvalue weighted by Gasteiger charge is 2.45. The van der Waals surface area contributed by atoms with Gasteiger partial charge in [-0.3, -0.25) is 0 Å². The van der Waals surface area contributed by atoms with E-state index in [9.17, 15) is 0 Å². The van der Waals surface area contributed by atoms with E-state index < -0.39 is 13.2 Å². The standard InChI is InChI=1S/C29H30OP.C2H4O2/c1-22-8-14-27(15-9-22)31(28-16-10-23(2)11-17-28,29-18-12-24(3)13-19-29)21-25-6-5-7-26(20-25)30-4;1-2(3)4/h5-20H,21H2,1-4H3;1H3,(H,3,4)/q+1;/p-1. The number of carboxylic acids is 1. The summed E-state index contributed by atoms with van der Waals surface area (Å²) in [4.78, 5) is 8.89. The van der Waals surface area contributed by atoms with E-state index in [4.69, 9.17) is 14.6 Å². The number of ether oxygens (including phenoxy) is 1. The zero-order chi connectivity index (χ0) is 25.4. The van der Waals surface area contributed by atoms with Crippen LogP contribution in [0.2, 0.25) is 0 Å². The Balaban J connectivity index is 0.000000795. The minimum Gasteiger partial charge on any atom is -0.550 e. The quantitative estimate of drug-likeness (QED) is 0.367. The Kier molecular flexibility index (Phi) is 8.84. The van der Waals surface area contributed by atoms with E-state index in [2.05, 4.69) is 112 Å². The third-order valence-corrected chi connectivity index (χ3v) is 10.4. The maximum Gasteiger partial charge on any atom is 0.119 e. The number of hydrogen-bond acceptors (Lipinski definition) is 3. The van der Waals surface area contributed by atoms with Crippen LogP contribution in [0.4, 0.5) is 0 Å². The van der Waals surface area contributed by atoms with Gasteiger partial charge in [0.1, 0.15) is 28.9 Å². The van der Waals surface area contributed by atoms with Crippen molar-refractivity contribution in [2.75, 3.05) is 7.11 Å². The minimum atomic E-state index is -1.92. The molecule has 0 N–H and O–H groups in total. The molecule has 0 amide bonds. The number of benzene rings is 4. The van der Waals surface area contributed by atoms with Crippen molar-refractivity contribution in [3.8, 4) is 5.75 Å². The Morgan fingerprint density at radius 2 is 1.09 bits per heavy atom. The normalized spacial score (nSPS) is 10.8. The molecule has 4 heteroatoms. The van der Waals surface area contributed by atoms with E-state index in [1.165, 1.54) is 38.2 Å². The molecule has 3 nitrogen and oxygen atoms in total. The van der Waals surface area contributed by atoms with E-state index in [0.29, 0.717) is 0 Å². The maximum absolute atomic E-state index is 8.89. The zero-order valence-electron chi connectivity index (χ0n) is 21.1. The predicted molar refractivity (Wildman–Crippen MR) is 147 cm³/mol. The molecular formula is C31H33O3P. The van der Waals surface area contributed by atoms with Crippen molar-refractivity contribution in [3.63, 3.8) is 0 Å². The Hall–Kier alpha value is -3.42. The average Bonchev–Trinajstić information content (AvgIpc) is 2.84. The molecular weight excluding hydrogens is 451 g/mol. The van der Waals surface area contributed by atoms with E-state index >= 15 is 0 Å².